The van der Waals surface area contributed by atoms with Crippen molar-refractivity contribution >= 4 is 17.5 Å². The Bertz CT molecular complexity index is 1290. The van der Waals surface area contributed by atoms with E-state index in [1.807, 2.05) is 66.3 Å². The predicted octanol–water partition coefficient (Wildman–Crippen LogP) is 4.86. The number of carbonyl (C=O) groups excluding carboxylic acids is 1. The first kappa shape index (κ1) is 23.4. The molecule has 0 aliphatic carbocycles. The molecule has 4 aromatic rings. The lowest BCUT2D eigenvalue weighted by Crippen LogP contribution is -2.30. The van der Waals surface area contributed by atoms with E-state index in [2.05, 4.69) is 0 Å². The van der Waals surface area contributed by atoms with Crippen LogP contribution in [-0.4, -0.2) is 53.0 Å². The van der Waals surface area contributed by atoms with E-state index in [-0.39, 0.29) is 5.91 Å². The van der Waals surface area contributed by atoms with E-state index in [9.17, 15) is 4.79 Å². The maximum atomic E-state index is 13.5. The number of rotatable bonds is 8. The first-order valence-corrected chi connectivity index (χ1v) is 11.2. The molecule has 176 valence electrons. The Balaban J connectivity index is 1.60. The number of likely N-dealkylation sites (N-methyl/N-ethyl adjacent to an activating group) is 1. The van der Waals surface area contributed by atoms with Crippen molar-refractivity contribution in [3.8, 4) is 28.6 Å². The summed E-state index contributed by atoms with van der Waals surface area (Å²) in [6.45, 7) is 0.527. The molecule has 0 aliphatic heterocycles. The van der Waals surface area contributed by atoms with Gasteiger partial charge in [0.1, 0.15) is 11.4 Å². The molecular formula is C26H27ClN4O3. The minimum absolute atomic E-state index is 0.122. The summed E-state index contributed by atoms with van der Waals surface area (Å²) >= 11 is 6.07. The van der Waals surface area contributed by atoms with Gasteiger partial charge >= 0.3 is 0 Å². The quantitative estimate of drug-likeness (QED) is 0.363. The summed E-state index contributed by atoms with van der Waals surface area (Å²) in [5.74, 6) is 1.22. The van der Waals surface area contributed by atoms with Gasteiger partial charge in [0, 0.05) is 31.9 Å². The average molecular weight is 479 g/mol. The summed E-state index contributed by atoms with van der Waals surface area (Å²) < 4.78 is 14.4. The zero-order valence-corrected chi connectivity index (χ0v) is 20.4. The highest BCUT2D eigenvalue weighted by Crippen LogP contribution is 2.28. The SMILES string of the molecule is COc1ccc(CCN(C)C(=O)c2cc(-c3cccn3C)nn2-c2ccc(Cl)cc2)cc1OC. The molecule has 0 spiro atoms. The second-order valence-electron chi connectivity index (χ2n) is 7.97. The van der Waals surface area contributed by atoms with E-state index >= 15 is 0 Å². The van der Waals surface area contributed by atoms with Crippen molar-refractivity contribution in [2.45, 2.75) is 6.42 Å². The molecule has 0 bridgehead atoms. The van der Waals surface area contributed by atoms with Gasteiger partial charge in [-0.05, 0) is 66.6 Å². The Kier molecular flexibility index (Phi) is 6.93. The number of nitrogens with zero attached hydrogens (tertiary/aromatic N) is 4. The molecular weight excluding hydrogens is 452 g/mol. The van der Waals surface area contributed by atoms with Crippen LogP contribution in [0.15, 0.2) is 66.9 Å². The molecule has 8 heteroatoms. The normalized spacial score (nSPS) is 10.9. The molecule has 0 fully saturated rings. The second-order valence-corrected chi connectivity index (χ2v) is 8.41. The fourth-order valence-corrected chi connectivity index (χ4v) is 3.92. The van der Waals surface area contributed by atoms with E-state index in [1.165, 1.54) is 0 Å². The molecule has 0 N–H and O–H groups in total. The summed E-state index contributed by atoms with van der Waals surface area (Å²) in [6, 6.07) is 18.8. The van der Waals surface area contributed by atoms with Crippen LogP contribution in [0.25, 0.3) is 17.1 Å². The van der Waals surface area contributed by atoms with Gasteiger partial charge in [0.2, 0.25) is 0 Å². The lowest BCUT2D eigenvalue weighted by molar-refractivity contribution is 0.0787. The zero-order chi connectivity index (χ0) is 24.2. The third kappa shape index (κ3) is 4.79. The molecule has 0 atom stereocenters. The minimum atomic E-state index is -0.122. The van der Waals surface area contributed by atoms with Crippen LogP contribution < -0.4 is 9.47 Å². The van der Waals surface area contributed by atoms with Crippen LogP contribution in [0.1, 0.15) is 16.1 Å². The van der Waals surface area contributed by atoms with E-state index in [0.717, 1.165) is 22.6 Å². The molecule has 0 saturated carbocycles. The maximum absolute atomic E-state index is 13.5. The Hall–Kier alpha value is -3.71. The van der Waals surface area contributed by atoms with Gasteiger partial charge < -0.3 is 18.9 Å². The highest BCUT2D eigenvalue weighted by atomic mass is 35.5. The summed E-state index contributed by atoms with van der Waals surface area (Å²) in [5.41, 5.74) is 3.94. The number of benzene rings is 2. The summed E-state index contributed by atoms with van der Waals surface area (Å²) in [6.07, 6.45) is 2.62. The zero-order valence-electron chi connectivity index (χ0n) is 19.7. The van der Waals surface area contributed by atoms with Crippen molar-refractivity contribution in [3.63, 3.8) is 0 Å². The third-order valence-corrected chi connectivity index (χ3v) is 5.99. The second kappa shape index (κ2) is 10.1. The van der Waals surface area contributed by atoms with Gasteiger partial charge in [0.25, 0.3) is 5.91 Å². The van der Waals surface area contributed by atoms with E-state index < -0.39 is 0 Å². The maximum Gasteiger partial charge on any atom is 0.272 e. The number of ether oxygens (including phenoxy) is 2. The molecule has 0 saturated heterocycles. The number of halogens is 1. The molecule has 2 aromatic heterocycles. The molecule has 0 radical (unpaired) electrons. The molecule has 7 nitrogen and oxygen atoms in total. The summed E-state index contributed by atoms with van der Waals surface area (Å²) in [4.78, 5) is 15.2. The fourth-order valence-electron chi connectivity index (χ4n) is 3.79. The number of aryl methyl sites for hydroxylation is 1. The Morgan fingerprint density at radius 1 is 1.03 bits per heavy atom. The lowest BCUT2D eigenvalue weighted by Gasteiger charge is -2.18. The van der Waals surface area contributed by atoms with E-state index in [4.69, 9.17) is 26.2 Å². The molecule has 34 heavy (non-hydrogen) atoms. The fraction of sp³-hybridized carbons (Fsp3) is 0.231. The van der Waals surface area contributed by atoms with Crippen LogP contribution in [0, 0.1) is 0 Å². The van der Waals surface area contributed by atoms with Crippen LogP contribution in [0.2, 0.25) is 5.02 Å². The Morgan fingerprint density at radius 2 is 1.76 bits per heavy atom. The summed E-state index contributed by atoms with van der Waals surface area (Å²) in [7, 11) is 6.97. The van der Waals surface area contributed by atoms with Crippen LogP contribution in [0.5, 0.6) is 11.5 Å². The average Bonchev–Trinajstić information content (AvgIpc) is 3.48. The Morgan fingerprint density at radius 3 is 2.41 bits per heavy atom. The first-order chi connectivity index (χ1) is 16.4. The number of amides is 1. The monoisotopic (exact) mass is 478 g/mol. The van der Waals surface area contributed by atoms with Gasteiger partial charge in [-0.3, -0.25) is 4.79 Å². The third-order valence-electron chi connectivity index (χ3n) is 5.74. The van der Waals surface area contributed by atoms with Crippen LogP contribution in [0.4, 0.5) is 0 Å². The Labute approximate surface area is 204 Å². The van der Waals surface area contributed by atoms with Gasteiger partial charge in [-0.1, -0.05) is 17.7 Å². The topological polar surface area (TPSA) is 61.5 Å². The van der Waals surface area contributed by atoms with Crippen molar-refractivity contribution < 1.29 is 14.3 Å². The van der Waals surface area contributed by atoms with Crippen LogP contribution in [-0.2, 0) is 13.5 Å². The number of carbonyl (C=O) groups is 1. The van der Waals surface area contributed by atoms with Crippen molar-refractivity contribution in [3.05, 3.63) is 83.1 Å². The van der Waals surface area contributed by atoms with E-state index in [0.29, 0.717) is 35.2 Å². The van der Waals surface area contributed by atoms with E-state index in [1.54, 1.807) is 43.0 Å². The molecule has 0 unspecified atom stereocenters. The van der Waals surface area contributed by atoms with Gasteiger partial charge in [-0.25, -0.2) is 4.68 Å². The number of methoxy groups -OCH3 is 2. The van der Waals surface area contributed by atoms with Crippen molar-refractivity contribution in [1.29, 1.82) is 0 Å². The number of hydrogen-bond acceptors (Lipinski definition) is 4. The highest BCUT2D eigenvalue weighted by molar-refractivity contribution is 6.30. The molecule has 2 heterocycles. The van der Waals surface area contributed by atoms with Crippen LogP contribution in [0.3, 0.4) is 0 Å². The molecule has 0 aliphatic rings. The van der Waals surface area contributed by atoms with Gasteiger partial charge in [-0.2, -0.15) is 5.10 Å². The minimum Gasteiger partial charge on any atom is -0.493 e. The number of hydrogen-bond donors (Lipinski definition) is 0. The standard InChI is InChI=1S/C26H27ClN4O3/c1-29-14-5-6-22(29)21-17-23(31(28-21)20-10-8-19(27)9-11-20)26(32)30(2)15-13-18-7-12-24(33-3)25(16-18)34-4/h5-12,14,16-17H,13,15H2,1-4H3. The van der Waals surface area contributed by atoms with Gasteiger partial charge in [0.05, 0.1) is 25.6 Å². The smallest absolute Gasteiger partial charge is 0.272 e. The molecule has 1 amide bonds. The lowest BCUT2D eigenvalue weighted by atomic mass is 10.1. The summed E-state index contributed by atoms with van der Waals surface area (Å²) in [5, 5.41) is 5.38. The van der Waals surface area contributed by atoms with Gasteiger partial charge in [0.15, 0.2) is 11.5 Å². The molecule has 2 aromatic carbocycles. The molecule has 4 rings (SSSR count). The predicted molar refractivity (Wildman–Crippen MR) is 133 cm³/mol. The number of aromatic nitrogens is 3. The first-order valence-electron chi connectivity index (χ1n) is 10.9. The van der Waals surface area contributed by atoms with Crippen molar-refractivity contribution in [1.82, 2.24) is 19.2 Å². The van der Waals surface area contributed by atoms with Crippen molar-refractivity contribution in [2.24, 2.45) is 7.05 Å². The van der Waals surface area contributed by atoms with Crippen molar-refractivity contribution in [2.75, 3.05) is 27.8 Å². The largest absolute Gasteiger partial charge is 0.493 e. The van der Waals surface area contributed by atoms with Gasteiger partial charge in [-0.15, -0.1) is 0 Å². The highest BCUT2D eigenvalue weighted by Gasteiger charge is 2.21. The van der Waals surface area contributed by atoms with Crippen LogP contribution >= 0.6 is 11.6 Å².